The fourth-order valence-electron chi connectivity index (χ4n) is 2.03. The number of benzene rings is 2. The first-order valence-corrected chi connectivity index (χ1v) is 8.53. The number of nitrogens with zero attached hydrogens (tertiary/aromatic N) is 2. The molecule has 0 radical (unpaired) electrons. The first-order valence-electron chi connectivity index (χ1n) is 6.95. The molecule has 0 aliphatic carbocycles. The molecule has 3 aromatic rings. The Morgan fingerprint density at radius 3 is 2.48 bits per heavy atom. The number of rotatable bonds is 4. The van der Waals surface area contributed by atoms with Gasteiger partial charge in [0.25, 0.3) is 5.91 Å². The van der Waals surface area contributed by atoms with Gasteiger partial charge in [0, 0.05) is 22.0 Å². The quantitative estimate of drug-likeness (QED) is 0.673. The first-order chi connectivity index (χ1) is 11.9. The third-order valence-electron chi connectivity index (χ3n) is 3.26. The summed E-state index contributed by atoms with van der Waals surface area (Å²) in [6.07, 6.45) is 0.358. The topological polar surface area (TPSA) is 54.9 Å². The number of nitrogens with one attached hydrogen (secondary N) is 1. The predicted octanol–water partition coefficient (Wildman–Crippen LogP) is 4.97. The molecular formula is C16H9Cl2F2N3OS. The van der Waals surface area contributed by atoms with Gasteiger partial charge in [0.1, 0.15) is 5.01 Å². The van der Waals surface area contributed by atoms with E-state index in [9.17, 15) is 13.6 Å². The molecule has 2 aromatic carbocycles. The second-order valence-corrected chi connectivity index (χ2v) is 6.84. The summed E-state index contributed by atoms with van der Waals surface area (Å²) in [5.41, 5.74) is 0.685. The standard InChI is InChI=1S/C16H9Cl2F2N3OS/c17-10-2-1-3-11(18)9(10)7-14-22-23-16(25-14)21-15(24)8-4-5-12(19)13(20)6-8/h1-6H,7H2,(H,21,23,24). The molecule has 0 aliphatic heterocycles. The Kier molecular flexibility index (Phi) is 5.27. The molecule has 0 aliphatic rings. The summed E-state index contributed by atoms with van der Waals surface area (Å²) in [7, 11) is 0. The largest absolute Gasteiger partial charge is 0.296 e. The lowest BCUT2D eigenvalue weighted by molar-refractivity contribution is 0.102. The third-order valence-corrected chi connectivity index (χ3v) is 4.81. The van der Waals surface area contributed by atoms with Gasteiger partial charge in [-0.3, -0.25) is 10.1 Å². The normalized spacial score (nSPS) is 10.7. The van der Waals surface area contributed by atoms with Gasteiger partial charge in [0.15, 0.2) is 11.6 Å². The summed E-state index contributed by atoms with van der Waals surface area (Å²) < 4.78 is 26.1. The summed E-state index contributed by atoms with van der Waals surface area (Å²) in [6, 6.07) is 8.05. The minimum atomic E-state index is -1.10. The minimum Gasteiger partial charge on any atom is -0.296 e. The van der Waals surface area contributed by atoms with E-state index >= 15 is 0 Å². The zero-order valence-corrected chi connectivity index (χ0v) is 14.7. The van der Waals surface area contributed by atoms with Crippen LogP contribution in [-0.2, 0) is 6.42 Å². The number of halogens is 4. The zero-order valence-electron chi connectivity index (χ0n) is 12.4. The summed E-state index contributed by atoms with van der Waals surface area (Å²) >= 11 is 13.4. The van der Waals surface area contributed by atoms with Crippen LogP contribution in [0.25, 0.3) is 0 Å². The van der Waals surface area contributed by atoms with E-state index < -0.39 is 17.5 Å². The fourth-order valence-corrected chi connectivity index (χ4v) is 3.31. The van der Waals surface area contributed by atoms with Crippen LogP contribution in [0.4, 0.5) is 13.9 Å². The van der Waals surface area contributed by atoms with Gasteiger partial charge < -0.3 is 0 Å². The van der Waals surface area contributed by atoms with E-state index in [4.69, 9.17) is 23.2 Å². The van der Waals surface area contributed by atoms with Crippen molar-refractivity contribution in [2.75, 3.05) is 5.32 Å². The van der Waals surface area contributed by atoms with Crippen molar-refractivity contribution < 1.29 is 13.6 Å². The summed E-state index contributed by atoms with van der Waals surface area (Å²) in [5, 5.41) is 12.2. The highest BCUT2D eigenvalue weighted by molar-refractivity contribution is 7.15. The molecule has 0 atom stereocenters. The number of hydrogen-bond acceptors (Lipinski definition) is 4. The van der Waals surface area contributed by atoms with E-state index in [2.05, 4.69) is 15.5 Å². The molecule has 0 fully saturated rings. The molecule has 1 aromatic heterocycles. The number of anilines is 1. The van der Waals surface area contributed by atoms with Crippen LogP contribution in [-0.4, -0.2) is 16.1 Å². The maximum absolute atomic E-state index is 13.2. The molecule has 1 amide bonds. The fraction of sp³-hybridized carbons (Fsp3) is 0.0625. The van der Waals surface area contributed by atoms with Crippen molar-refractivity contribution in [3.8, 4) is 0 Å². The molecule has 128 valence electrons. The minimum absolute atomic E-state index is 0.0233. The van der Waals surface area contributed by atoms with Crippen LogP contribution in [0, 0.1) is 11.6 Å². The molecule has 0 unspecified atom stereocenters. The Labute approximate surface area is 155 Å². The number of carbonyl (C=O) groups excluding carboxylic acids is 1. The Morgan fingerprint density at radius 1 is 1.08 bits per heavy atom. The SMILES string of the molecule is O=C(Nc1nnc(Cc2c(Cl)cccc2Cl)s1)c1ccc(F)c(F)c1. The number of hydrogen-bond donors (Lipinski definition) is 1. The lowest BCUT2D eigenvalue weighted by Gasteiger charge is -2.03. The smallest absolute Gasteiger partial charge is 0.257 e. The summed E-state index contributed by atoms with van der Waals surface area (Å²) in [5.74, 6) is -2.73. The van der Waals surface area contributed by atoms with Crippen molar-refractivity contribution in [3.63, 3.8) is 0 Å². The molecule has 25 heavy (non-hydrogen) atoms. The Morgan fingerprint density at radius 2 is 1.80 bits per heavy atom. The van der Waals surface area contributed by atoms with Crippen LogP contribution in [0.15, 0.2) is 36.4 Å². The van der Waals surface area contributed by atoms with Crippen molar-refractivity contribution >= 4 is 45.6 Å². The number of carbonyl (C=O) groups is 1. The van der Waals surface area contributed by atoms with Crippen LogP contribution >= 0.6 is 34.5 Å². The van der Waals surface area contributed by atoms with Crippen LogP contribution in [0.5, 0.6) is 0 Å². The van der Waals surface area contributed by atoms with Crippen LogP contribution < -0.4 is 5.32 Å². The van der Waals surface area contributed by atoms with E-state index in [1.807, 2.05) is 0 Å². The van der Waals surface area contributed by atoms with E-state index in [-0.39, 0.29) is 10.7 Å². The Bertz CT molecular complexity index is 929. The van der Waals surface area contributed by atoms with Gasteiger partial charge in [-0.1, -0.05) is 40.6 Å². The molecule has 3 rings (SSSR count). The van der Waals surface area contributed by atoms with E-state index in [1.165, 1.54) is 6.07 Å². The predicted molar refractivity (Wildman–Crippen MR) is 93.5 cm³/mol. The second kappa shape index (κ2) is 7.43. The maximum atomic E-state index is 13.2. The average molecular weight is 400 g/mol. The third kappa shape index (κ3) is 4.12. The first kappa shape index (κ1) is 17.7. The van der Waals surface area contributed by atoms with Gasteiger partial charge >= 0.3 is 0 Å². The maximum Gasteiger partial charge on any atom is 0.257 e. The second-order valence-electron chi connectivity index (χ2n) is 4.96. The van der Waals surface area contributed by atoms with Crippen LogP contribution in [0.2, 0.25) is 10.0 Å². The molecule has 9 heteroatoms. The molecule has 0 saturated heterocycles. The van der Waals surface area contributed by atoms with Gasteiger partial charge in [-0.15, -0.1) is 10.2 Å². The highest BCUT2D eigenvalue weighted by Crippen LogP contribution is 2.28. The van der Waals surface area contributed by atoms with Gasteiger partial charge in [0.2, 0.25) is 5.13 Å². The van der Waals surface area contributed by atoms with Crippen molar-refractivity contribution in [1.29, 1.82) is 0 Å². The zero-order chi connectivity index (χ0) is 18.0. The van der Waals surface area contributed by atoms with Gasteiger partial charge in [-0.25, -0.2) is 8.78 Å². The molecule has 0 saturated carbocycles. The molecule has 0 bridgehead atoms. The summed E-state index contributed by atoms with van der Waals surface area (Å²) in [4.78, 5) is 12.0. The molecule has 1 N–H and O–H groups in total. The van der Waals surface area contributed by atoms with E-state index in [1.54, 1.807) is 18.2 Å². The monoisotopic (exact) mass is 399 g/mol. The Hall–Kier alpha value is -2.09. The van der Waals surface area contributed by atoms with Crippen LogP contribution in [0.3, 0.4) is 0 Å². The Balaban J connectivity index is 1.73. The van der Waals surface area contributed by atoms with Crippen molar-refractivity contribution in [1.82, 2.24) is 10.2 Å². The van der Waals surface area contributed by atoms with Gasteiger partial charge in [0.05, 0.1) is 0 Å². The summed E-state index contributed by atoms with van der Waals surface area (Å²) in [6.45, 7) is 0. The number of aromatic nitrogens is 2. The molecule has 4 nitrogen and oxygen atoms in total. The van der Waals surface area contributed by atoms with Crippen molar-refractivity contribution in [3.05, 3.63) is 74.2 Å². The lowest BCUT2D eigenvalue weighted by Crippen LogP contribution is -2.12. The molecule has 1 heterocycles. The van der Waals surface area contributed by atoms with Crippen LogP contribution in [0.1, 0.15) is 20.9 Å². The highest BCUT2D eigenvalue weighted by atomic mass is 35.5. The van der Waals surface area contributed by atoms with E-state index in [0.717, 1.165) is 23.5 Å². The average Bonchev–Trinajstić information content (AvgIpc) is 3.01. The van der Waals surface area contributed by atoms with Crippen molar-refractivity contribution in [2.45, 2.75) is 6.42 Å². The van der Waals surface area contributed by atoms with E-state index in [0.29, 0.717) is 27.0 Å². The number of amides is 1. The highest BCUT2D eigenvalue weighted by Gasteiger charge is 2.14. The van der Waals surface area contributed by atoms with Crippen molar-refractivity contribution in [2.24, 2.45) is 0 Å². The molecule has 0 spiro atoms. The van der Waals surface area contributed by atoms with Gasteiger partial charge in [-0.05, 0) is 35.9 Å². The van der Waals surface area contributed by atoms with Gasteiger partial charge in [-0.2, -0.15) is 0 Å². The molecular weight excluding hydrogens is 391 g/mol. The lowest BCUT2D eigenvalue weighted by atomic mass is 10.1.